The fourth-order valence-corrected chi connectivity index (χ4v) is 2.09. The first-order valence-corrected chi connectivity index (χ1v) is 6.36. The predicted octanol–water partition coefficient (Wildman–Crippen LogP) is 3.21. The summed E-state index contributed by atoms with van der Waals surface area (Å²) in [6.45, 7) is 0. The zero-order valence-electron chi connectivity index (χ0n) is 11.0. The van der Waals surface area contributed by atoms with E-state index in [1.54, 1.807) is 18.2 Å². The maximum Gasteiger partial charge on any atom is 0.274 e. The standard InChI is InChI=1S/C16H12FN3O/c17-12-7-3-4-8-13(12)20-16(21)14-9-10-5-1-2-6-11(10)15(18)19-14/h1-9H,(H2,18,19)(H,20,21). The number of halogens is 1. The number of carbonyl (C=O) groups excluding carboxylic acids is 1. The van der Waals surface area contributed by atoms with Crippen LogP contribution in [0.5, 0.6) is 0 Å². The number of rotatable bonds is 2. The summed E-state index contributed by atoms with van der Waals surface area (Å²) in [4.78, 5) is 16.2. The molecule has 3 N–H and O–H groups in total. The Labute approximate surface area is 120 Å². The summed E-state index contributed by atoms with van der Waals surface area (Å²) in [5.74, 6) is -0.732. The van der Waals surface area contributed by atoms with Crippen LogP contribution in [0.25, 0.3) is 10.8 Å². The number of hydrogen-bond donors (Lipinski definition) is 2. The van der Waals surface area contributed by atoms with Crippen molar-refractivity contribution >= 4 is 28.2 Å². The number of pyridine rings is 1. The van der Waals surface area contributed by atoms with Crippen LogP contribution in [0.2, 0.25) is 0 Å². The molecule has 2 aromatic carbocycles. The predicted molar refractivity (Wildman–Crippen MR) is 80.5 cm³/mol. The van der Waals surface area contributed by atoms with Gasteiger partial charge >= 0.3 is 0 Å². The number of benzene rings is 2. The van der Waals surface area contributed by atoms with Crippen molar-refractivity contribution in [2.75, 3.05) is 11.1 Å². The SMILES string of the molecule is Nc1nc(C(=O)Nc2ccccc2F)cc2ccccc12. The number of carbonyl (C=O) groups is 1. The zero-order valence-corrected chi connectivity index (χ0v) is 11.0. The fraction of sp³-hybridized carbons (Fsp3) is 0. The van der Waals surface area contributed by atoms with E-state index in [1.165, 1.54) is 12.1 Å². The highest BCUT2D eigenvalue weighted by atomic mass is 19.1. The van der Waals surface area contributed by atoms with Crippen LogP contribution in [0.15, 0.2) is 54.6 Å². The van der Waals surface area contributed by atoms with Crippen molar-refractivity contribution in [1.29, 1.82) is 0 Å². The van der Waals surface area contributed by atoms with E-state index in [-0.39, 0.29) is 17.2 Å². The smallest absolute Gasteiger partial charge is 0.274 e. The van der Waals surface area contributed by atoms with Gasteiger partial charge in [0.25, 0.3) is 5.91 Å². The van der Waals surface area contributed by atoms with E-state index in [0.29, 0.717) is 0 Å². The average molecular weight is 281 g/mol. The summed E-state index contributed by atoms with van der Waals surface area (Å²) >= 11 is 0. The molecular weight excluding hydrogens is 269 g/mol. The van der Waals surface area contributed by atoms with E-state index in [2.05, 4.69) is 10.3 Å². The molecule has 3 aromatic rings. The summed E-state index contributed by atoms with van der Waals surface area (Å²) in [5.41, 5.74) is 6.11. The lowest BCUT2D eigenvalue weighted by Crippen LogP contribution is -2.15. The third-order valence-electron chi connectivity index (χ3n) is 3.12. The minimum atomic E-state index is -0.502. The maximum absolute atomic E-state index is 13.5. The van der Waals surface area contributed by atoms with Crippen LogP contribution in [0.3, 0.4) is 0 Å². The van der Waals surface area contributed by atoms with Crippen LogP contribution < -0.4 is 11.1 Å². The molecule has 0 unspecified atom stereocenters. The van der Waals surface area contributed by atoms with Crippen LogP contribution in [0, 0.1) is 5.82 Å². The lowest BCUT2D eigenvalue weighted by Gasteiger charge is -2.08. The Hall–Kier alpha value is -2.95. The molecule has 1 heterocycles. The van der Waals surface area contributed by atoms with E-state index in [0.717, 1.165) is 10.8 Å². The molecule has 0 aliphatic heterocycles. The summed E-state index contributed by atoms with van der Waals surface area (Å²) in [6, 6.07) is 14.9. The average Bonchev–Trinajstić information content (AvgIpc) is 2.49. The molecule has 0 fully saturated rings. The number of nitrogens with two attached hydrogens (primary N) is 1. The lowest BCUT2D eigenvalue weighted by molar-refractivity contribution is 0.102. The summed E-state index contributed by atoms with van der Waals surface area (Å²) in [6.07, 6.45) is 0. The summed E-state index contributed by atoms with van der Waals surface area (Å²) in [7, 11) is 0. The fourth-order valence-electron chi connectivity index (χ4n) is 2.09. The van der Waals surface area contributed by atoms with Crippen LogP contribution >= 0.6 is 0 Å². The molecule has 4 nitrogen and oxygen atoms in total. The molecule has 3 rings (SSSR count). The van der Waals surface area contributed by atoms with E-state index < -0.39 is 11.7 Å². The van der Waals surface area contributed by atoms with E-state index >= 15 is 0 Å². The van der Waals surface area contributed by atoms with E-state index in [9.17, 15) is 9.18 Å². The number of nitrogen functional groups attached to an aromatic ring is 1. The number of anilines is 2. The Bertz CT molecular complexity index is 833. The highest BCUT2D eigenvalue weighted by Crippen LogP contribution is 2.21. The molecule has 1 amide bonds. The van der Waals surface area contributed by atoms with Crippen LogP contribution in [-0.2, 0) is 0 Å². The van der Waals surface area contributed by atoms with Gasteiger partial charge in [-0.2, -0.15) is 0 Å². The van der Waals surface area contributed by atoms with Gasteiger partial charge in [-0.05, 0) is 23.6 Å². The third-order valence-corrected chi connectivity index (χ3v) is 3.12. The summed E-state index contributed by atoms with van der Waals surface area (Å²) < 4.78 is 13.5. The van der Waals surface area contributed by atoms with Gasteiger partial charge in [-0.3, -0.25) is 4.79 Å². The Kier molecular flexibility index (Phi) is 3.23. The van der Waals surface area contributed by atoms with Crippen molar-refractivity contribution in [2.24, 2.45) is 0 Å². The third kappa shape index (κ3) is 2.53. The first kappa shape index (κ1) is 13.1. The molecular formula is C16H12FN3O. The second kappa shape index (κ2) is 5.20. The molecule has 0 aliphatic carbocycles. The van der Waals surface area contributed by atoms with Crippen molar-refractivity contribution in [1.82, 2.24) is 4.98 Å². The molecule has 0 atom stereocenters. The molecule has 1 aromatic heterocycles. The first-order chi connectivity index (χ1) is 10.1. The van der Waals surface area contributed by atoms with Gasteiger partial charge in [-0.1, -0.05) is 36.4 Å². The monoisotopic (exact) mass is 281 g/mol. The largest absolute Gasteiger partial charge is 0.383 e. The number of aromatic nitrogens is 1. The van der Waals surface area contributed by atoms with Gasteiger partial charge in [0.2, 0.25) is 0 Å². The number of hydrogen-bond acceptors (Lipinski definition) is 3. The molecule has 104 valence electrons. The van der Waals surface area contributed by atoms with Crippen LogP contribution in [0.1, 0.15) is 10.5 Å². The second-order valence-corrected chi connectivity index (χ2v) is 4.55. The highest BCUT2D eigenvalue weighted by Gasteiger charge is 2.12. The number of nitrogens with one attached hydrogen (secondary N) is 1. The van der Waals surface area contributed by atoms with Crippen LogP contribution in [0.4, 0.5) is 15.9 Å². The normalized spacial score (nSPS) is 10.5. The van der Waals surface area contributed by atoms with Gasteiger partial charge in [-0.25, -0.2) is 9.37 Å². The van der Waals surface area contributed by atoms with Gasteiger partial charge < -0.3 is 11.1 Å². The van der Waals surface area contributed by atoms with Crippen molar-refractivity contribution < 1.29 is 9.18 Å². The minimum Gasteiger partial charge on any atom is -0.383 e. The van der Waals surface area contributed by atoms with Crippen molar-refractivity contribution in [3.8, 4) is 0 Å². The first-order valence-electron chi connectivity index (χ1n) is 6.36. The van der Waals surface area contributed by atoms with Gasteiger partial charge in [0.1, 0.15) is 17.3 Å². The van der Waals surface area contributed by atoms with Crippen molar-refractivity contribution in [3.63, 3.8) is 0 Å². The van der Waals surface area contributed by atoms with Crippen molar-refractivity contribution in [3.05, 3.63) is 66.1 Å². The minimum absolute atomic E-state index is 0.107. The Balaban J connectivity index is 1.97. The van der Waals surface area contributed by atoms with Gasteiger partial charge in [0.05, 0.1) is 5.69 Å². The molecule has 5 heteroatoms. The molecule has 0 spiro atoms. The Morgan fingerprint density at radius 3 is 2.62 bits per heavy atom. The molecule has 0 bridgehead atoms. The zero-order chi connectivity index (χ0) is 14.8. The Morgan fingerprint density at radius 1 is 1.10 bits per heavy atom. The molecule has 0 saturated heterocycles. The second-order valence-electron chi connectivity index (χ2n) is 4.55. The Morgan fingerprint density at radius 2 is 1.81 bits per heavy atom. The topological polar surface area (TPSA) is 68.0 Å². The van der Waals surface area contributed by atoms with Crippen molar-refractivity contribution in [2.45, 2.75) is 0 Å². The number of amides is 1. The quantitative estimate of drug-likeness (QED) is 0.758. The molecule has 0 saturated carbocycles. The number of para-hydroxylation sites is 1. The molecule has 0 aliphatic rings. The number of nitrogens with zero attached hydrogens (tertiary/aromatic N) is 1. The maximum atomic E-state index is 13.5. The molecule has 21 heavy (non-hydrogen) atoms. The summed E-state index contributed by atoms with van der Waals surface area (Å²) in [5, 5.41) is 4.07. The van der Waals surface area contributed by atoms with Gasteiger partial charge in [0.15, 0.2) is 0 Å². The highest BCUT2D eigenvalue weighted by molar-refractivity contribution is 6.06. The lowest BCUT2D eigenvalue weighted by atomic mass is 10.1. The van der Waals surface area contributed by atoms with E-state index in [1.807, 2.05) is 24.3 Å². The van der Waals surface area contributed by atoms with Gasteiger partial charge in [-0.15, -0.1) is 0 Å². The van der Waals surface area contributed by atoms with E-state index in [4.69, 9.17) is 5.73 Å². The number of fused-ring (bicyclic) bond motifs is 1. The van der Waals surface area contributed by atoms with Gasteiger partial charge in [0, 0.05) is 5.39 Å². The molecule has 0 radical (unpaired) electrons. The van der Waals surface area contributed by atoms with Crippen LogP contribution in [-0.4, -0.2) is 10.9 Å².